The molecule has 0 spiro atoms. The van der Waals surface area contributed by atoms with E-state index in [-0.39, 0.29) is 24.1 Å². The van der Waals surface area contributed by atoms with Crippen LogP contribution in [0, 0.1) is 0 Å². The Hall–Kier alpha value is -3.47. The molecule has 38 heavy (non-hydrogen) atoms. The smallest absolute Gasteiger partial charge is 0.476 e. The van der Waals surface area contributed by atoms with Crippen LogP contribution in [-0.2, 0) is 14.0 Å². The Kier molecular flexibility index (Phi) is 6.89. The lowest BCUT2D eigenvalue weighted by molar-refractivity contribution is 0.00578. The van der Waals surface area contributed by atoms with E-state index in [1.54, 1.807) is 11.5 Å². The molecule has 5 rings (SSSR count). The number of amides is 1. The molecule has 0 saturated carbocycles. The number of carbonyl (C=O) groups excluding carboxylic acids is 1. The van der Waals surface area contributed by atoms with E-state index in [1.165, 1.54) is 0 Å². The molecule has 3 aromatic rings. The van der Waals surface area contributed by atoms with Crippen molar-refractivity contribution in [3.8, 4) is 11.1 Å². The monoisotopic (exact) mass is 532 g/mol. The summed E-state index contributed by atoms with van der Waals surface area (Å²) in [5, 5.41) is 13.7. The van der Waals surface area contributed by atoms with Crippen molar-refractivity contribution in [2.75, 3.05) is 13.2 Å². The minimum atomic E-state index is -1.09. The number of alkyl carbamates (subject to hydrolysis) is 1. The maximum absolute atomic E-state index is 12.8. The molecular formula is C28H29BN2O6S. The molecule has 1 aromatic heterocycles. The van der Waals surface area contributed by atoms with E-state index in [0.717, 1.165) is 33.6 Å². The molecule has 1 saturated heterocycles. The number of nitrogens with zero attached hydrogens (tertiary/aromatic N) is 1. The van der Waals surface area contributed by atoms with Crippen LogP contribution in [0.5, 0.6) is 0 Å². The largest absolute Gasteiger partial charge is 0.492 e. The first kappa shape index (κ1) is 26.2. The van der Waals surface area contributed by atoms with Crippen molar-refractivity contribution in [3.05, 3.63) is 81.2 Å². The lowest BCUT2D eigenvalue weighted by Gasteiger charge is -2.32. The number of rotatable bonds is 7. The minimum absolute atomic E-state index is 0.0194. The summed E-state index contributed by atoms with van der Waals surface area (Å²) in [6.07, 6.45) is 1.12. The number of carboxylic acids is 1. The van der Waals surface area contributed by atoms with Gasteiger partial charge in [-0.15, -0.1) is 11.3 Å². The number of nitrogens with one attached hydrogen (secondary N) is 1. The molecule has 1 aliphatic carbocycles. The summed E-state index contributed by atoms with van der Waals surface area (Å²) in [4.78, 5) is 28.2. The van der Waals surface area contributed by atoms with Gasteiger partial charge in [0.05, 0.1) is 16.9 Å². The van der Waals surface area contributed by atoms with Gasteiger partial charge in [0, 0.05) is 17.8 Å². The lowest BCUT2D eigenvalue weighted by Crippen LogP contribution is -2.41. The molecular weight excluding hydrogens is 503 g/mol. The van der Waals surface area contributed by atoms with E-state index in [1.807, 2.05) is 52.0 Å². The summed E-state index contributed by atoms with van der Waals surface area (Å²) >= 11 is 1.03. The first-order valence-corrected chi connectivity index (χ1v) is 13.3. The zero-order valence-electron chi connectivity index (χ0n) is 21.7. The van der Waals surface area contributed by atoms with Gasteiger partial charge in [0.1, 0.15) is 6.61 Å². The Balaban J connectivity index is 1.29. The molecule has 8 nitrogen and oxygen atoms in total. The van der Waals surface area contributed by atoms with Crippen LogP contribution < -0.4 is 5.32 Å². The quantitative estimate of drug-likeness (QED) is 0.393. The number of thiazole rings is 1. The second-order valence-corrected chi connectivity index (χ2v) is 11.2. The molecule has 2 heterocycles. The highest BCUT2D eigenvalue weighted by Gasteiger charge is 2.52. The molecule has 1 amide bonds. The summed E-state index contributed by atoms with van der Waals surface area (Å²) in [5.74, 6) is -1.14. The molecule has 1 fully saturated rings. The Morgan fingerprint density at radius 1 is 1.05 bits per heavy atom. The fourth-order valence-corrected chi connectivity index (χ4v) is 5.27. The summed E-state index contributed by atoms with van der Waals surface area (Å²) in [6.45, 7) is 8.03. The first-order valence-electron chi connectivity index (χ1n) is 12.4. The van der Waals surface area contributed by atoms with E-state index in [0.29, 0.717) is 11.2 Å². The average molecular weight is 532 g/mol. The minimum Gasteiger partial charge on any atom is -0.476 e. The highest BCUT2D eigenvalue weighted by atomic mass is 32.1. The normalized spacial score (nSPS) is 17.7. The van der Waals surface area contributed by atoms with Crippen LogP contribution in [0.2, 0.25) is 0 Å². The van der Waals surface area contributed by atoms with Crippen LogP contribution >= 0.6 is 11.3 Å². The van der Waals surface area contributed by atoms with Gasteiger partial charge < -0.3 is 24.5 Å². The number of fused-ring (bicyclic) bond motifs is 3. The summed E-state index contributed by atoms with van der Waals surface area (Å²) in [6, 6.07) is 16.3. The van der Waals surface area contributed by atoms with Crippen LogP contribution in [0.15, 0.2) is 59.4 Å². The Bertz CT molecular complexity index is 1350. The highest BCUT2D eigenvalue weighted by Crippen LogP contribution is 2.44. The molecule has 2 aromatic carbocycles. The van der Waals surface area contributed by atoms with Crippen molar-refractivity contribution in [2.24, 2.45) is 0 Å². The predicted octanol–water partition coefficient (Wildman–Crippen LogP) is 5.39. The zero-order chi connectivity index (χ0) is 27.1. The Morgan fingerprint density at radius 3 is 2.18 bits per heavy atom. The van der Waals surface area contributed by atoms with Gasteiger partial charge in [0.15, 0.2) is 0 Å². The molecule has 2 aliphatic rings. The average Bonchev–Trinajstić information content (AvgIpc) is 3.53. The zero-order valence-corrected chi connectivity index (χ0v) is 22.5. The van der Waals surface area contributed by atoms with E-state index < -0.39 is 30.4 Å². The van der Waals surface area contributed by atoms with Gasteiger partial charge in [-0.1, -0.05) is 48.5 Å². The van der Waals surface area contributed by atoms with Crippen LogP contribution in [0.1, 0.15) is 60.2 Å². The molecule has 0 unspecified atom stereocenters. The molecule has 2 N–H and O–H groups in total. The number of benzene rings is 2. The second kappa shape index (κ2) is 10.0. The van der Waals surface area contributed by atoms with Gasteiger partial charge in [0.25, 0.3) is 0 Å². The highest BCUT2D eigenvalue weighted by molar-refractivity contribution is 7.11. The fraction of sp³-hybridized carbons (Fsp3) is 0.321. The van der Waals surface area contributed by atoms with Crippen LogP contribution in [0.3, 0.4) is 0 Å². The van der Waals surface area contributed by atoms with Gasteiger partial charge in [-0.25, -0.2) is 14.6 Å². The Labute approximate surface area is 225 Å². The molecule has 1 aliphatic heterocycles. The van der Waals surface area contributed by atoms with Crippen LogP contribution in [0.4, 0.5) is 4.79 Å². The van der Waals surface area contributed by atoms with Crippen LogP contribution in [0.25, 0.3) is 17.2 Å². The number of aromatic carboxylic acids is 1. The van der Waals surface area contributed by atoms with E-state index >= 15 is 0 Å². The van der Waals surface area contributed by atoms with Crippen molar-refractivity contribution in [1.29, 1.82) is 0 Å². The van der Waals surface area contributed by atoms with Crippen molar-refractivity contribution < 1.29 is 28.7 Å². The van der Waals surface area contributed by atoms with Crippen molar-refractivity contribution in [3.63, 3.8) is 0 Å². The number of hydrogen-bond donors (Lipinski definition) is 2. The second-order valence-electron chi connectivity index (χ2n) is 10.4. The van der Waals surface area contributed by atoms with E-state index in [9.17, 15) is 14.7 Å². The number of carbonyl (C=O) groups is 2. The standard InChI is InChI=1S/C28H29BN2O6S/c1-27(2)28(3,4)37-29(36-27)17(13-18-16-38-24(31-18)25(32)33)14-30-26(34)35-15-23-21-11-7-5-9-19(21)20-10-6-8-12-22(20)23/h5-13,16,23H,14-15H2,1-4H3,(H,30,34)(H,32,33). The predicted molar refractivity (Wildman–Crippen MR) is 146 cm³/mol. The van der Waals surface area contributed by atoms with Crippen molar-refractivity contribution >= 4 is 36.6 Å². The van der Waals surface area contributed by atoms with Gasteiger partial charge in [-0.05, 0) is 61.5 Å². The third-order valence-electron chi connectivity index (χ3n) is 7.37. The first-order chi connectivity index (χ1) is 18.1. The molecule has 0 atom stereocenters. The molecule has 10 heteroatoms. The number of ether oxygens (including phenoxy) is 1. The fourth-order valence-electron chi connectivity index (χ4n) is 4.66. The van der Waals surface area contributed by atoms with Gasteiger partial charge in [-0.2, -0.15) is 0 Å². The van der Waals surface area contributed by atoms with Crippen LogP contribution in [-0.4, -0.2) is 53.6 Å². The van der Waals surface area contributed by atoms with Crippen molar-refractivity contribution in [1.82, 2.24) is 10.3 Å². The third kappa shape index (κ3) is 4.99. The molecule has 196 valence electrons. The van der Waals surface area contributed by atoms with Gasteiger partial charge in [0.2, 0.25) is 5.01 Å². The lowest BCUT2D eigenvalue weighted by atomic mass is 9.77. The molecule has 0 bridgehead atoms. The topological polar surface area (TPSA) is 107 Å². The van der Waals surface area contributed by atoms with Gasteiger partial charge in [-0.3, -0.25) is 0 Å². The van der Waals surface area contributed by atoms with E-state index in [4.69, 9.17) is 14.0 Å². The van der Waals surface area contributed by atoms with E-state index in [2.05, 4.69) is 34.6 Å². The number of aromatic nitrogens is 1. The molecule has 0 radical (unpaired) electrons. The summed E-state index contributed by atoms with van der Waals surface area (Å²) < 4.78 is 18.0. The number of hydrogen-bond acceptors (Lipinski definition) is 7. The summed E-state index contributed by atoms with van der Waals surface area (Å²) in [7, 11) is -0.746. The van der Waals surface area contributed by atoms with Crippen molar-refractivity contribution in [2.45, 2.75) is 44.8 Å². The Morgan fingerprint density at radius 2 is 1.63 bits per heavy atom. The maximum Gasteiger partial charge on any atom is 0.492 e. The maximum atomic E-state index is 12.8. The summed E-state index contributed by atoms with van der Waals surface area (Å²) in [5.41, 5.74) is 4.46. The third-order valence-corrected chi connectivity index (χ3v) is 8.22. The van der Waals surface area contributed by atoms with Gasteiger partial charge >= 0.3 is 19.2 Å². The number of carboxylic acid groups (broad SMARTS) is 1. The SMILES string of the molecule is CC1(C)OB(C(=Cc2csc(C(=O)O)n2)CNC(=O)OCC2c3ccccc3-c3ccccc32)OC1(C)C.